The lowest BCUT2D eigenvalue weighted by Crippen LogP contribution is -2.48. The van der Waals surface area contributed by atoms with Crippen LogP contribution in [0, 0.1) is 5.92 Å². The first kappa shape index (κ1) is 14.8. The molecule has 5 heteroatoms. The Labute approximate surface area is 109 Å². The van der Waals surface area contributed by atoms with Gasteiger partial charge in [0.05, 0.1) is 0 Å². The van der Waals surface area contributed by atoms with Crippen LogP contribution in [-0.4, -0.2) is 41.1 Å². The van der Waals surface area contributed by atoms with Crippen molar-refractivity contribution in [2.45, 2.75) is 52.0 Å². The van der Waals surface area contributed by atoms with E-state index in [9.17, 15) is 9.59 Å². The topological polar surface area (TPSA) is 69.6 Å². The first-order chi connectivity index (χ1) is 8.58. The molecule has 1 fully saturated rings. The molecule has 1 aliphatic rings. The second kappa shape index (κ2) is 7.24. The molecule has 5 nitrogen and oxygen atoms in total. The predicted molar refractivity (Wildman–Crippen MR) is 69.5 cm³/mol. The molecule has 2 N–H and O–H groups in total. The highest BCUT2D eigenvalue weighted by molar-refractivity contribution is 5.82. The van der Waals surface area contributed by atoms with Gasteiger partial charge >= 0.3 is 12.0 Å². The van der Waals surface area contributed by atoms with Gasteiger partial charge < -0.3 is 15.3 Å². The summed E-state index contributed by atoms with van der Waals surface area (Å²) in [5, 5.41) is 11.6. The van der Waals surface area contributed by atoms with Gasteiger partial charge in [0, 0.05) is 13.1 Å². The Morgan fingerprint density at radius 2 is 2.00 bits per heavy atom. The fraction of sp³-hybridized carbons (Fsp3) is 0.846. The van der Waals surface area contributed by atoms with Gasteiger partial charge in [0.15, 0.2) is 0 Å². The van der Waals surface area contributed by atoms with Gasteiger partial charge in [0.1, 0.15) is 6.04 Å². The monoisotopic (exact) mass is 256 g/mol. The third-order valence-electron chi connectivity index (χ3n) is 3.13. The van der Waals surface area contributed by atoms with E-state index >= 15 is 0 Å². The van der Waals surface area contributed by atoms with Crippen molar-refractivity contribution in [2.24, 2.45) is 5.92 Å². The second-order valence-corrected chi connectivity index (χ2v) is 5.02. The summed E-state index contributed by atoms with van der Waals surface area (Å²) in [5.74, 6) is -0.329. The smallest absolute Gasteiger partial charge is 0.326 e. The van der Waals surface area contributed by atoms with Crippen LogP contribution in [0.3, 0.4) is 0 Å². The summed E-state index contributed by atoms with van der Waals surface area (Å²) >= 11 is 0. The fourth-order valence-electron chi connectivity index (χ4n) is 1.94. The van der Waals surface area contributed by atoms with Crippen molar-refractivity contribution in [3.8, 4) is 0 Å². The van der Waals surface area contributed by atoms with E-state index in [1.165, 1.54) is 12.8 Å². The number of rotatable bonds is 8. The van der Waals surface area contributed by atoms with E-state index in [4.69, 9.17) is 5.11 Å². The number of hydrogen-bond donors (Lipinski definition) is 2. The maximum atomic E-state index is 12.0. The average molecular weight is 256 g/mol. The molecule has 2 amide bonds. The van der Waals surface area contributed by atoms with Gasteiger partial charge in [0.2, 0.25) is 0 Å². The van der Waals surface area contributed by atoms with Crippen molar-refractivity contribution < 1.29 is 14.7 Å². The Bertz CT molecular complexity index is 290. The highest BCUT2D eigenvalue weighted by Gasteiger charge is 2.28. The summed E-state index contributed by atoms with van der Waals surface area (Å²) in [6.45, 7) is 5.39. The van der Waals surface area contributed by atoms with Crippen LogP contribution in [0.15, 0.2) is 0 Å². The molecule has 0 aromatic carbocycles. The summed E-state index contributed by atoms with van der Waals surface area (Å²) in [6.07, 6.45) is 4.49. The van der Waals surface area contributed by atoms with Gasteiger partial charge in [0.25, 0.3) is 0 Å². The van der Waals surface area contributed by atoms with Crippen LogP contribution in [0.5, 0.6) is 0 Å². The average Bonchev–Trinajstić information content (AvgIpc) is 3.11. The van der Waals surface area contributed by atoms with Crippen LogP contribution in [0.2, 0.25) is 0 Å². The summed E-state index contributed by atoms with van der Waals surface area (Å²) in [5.41, 5.74) is 0. The molecule has 1 aliphatic carbocycles. The lowest BCUT2D eigenvalue weighted by molar-refractivity contribution is -0.139. The molecule has 0 spiro atoms. The molecule has 1 rings (SSSR count). The summed E-state index contributed by atoms with van der Waals surface area (Å²) in [6, 6.07) is -0.995. The number of carbonyl (C=O) groups is 2. The lowest BCUT2D eigenvalue weighted by Gasteiger charge is -2.24. The quantitative estimate of drug-likeness (QED) is 0.698. The van der Waals surface area contributed by atoms with E-state index in [2.05, 4.69) is 5.32 Å². The molecule has 1 atom stereocenters. The number of hydrogen-bond acceptors (Lipinski definition) is 2. The molecule has 18 heavy (non-hydrogen) atoms. The zero-order valence-electron chi connectivity index (χ0n) is 11.3. The van der Waals surface area contributed by atoms with E-state index in [1.807, 2.05) is 13.8 Å². The minimum absolute atomic E-state index is 0.232. The van der Waals surface area contributed by atoms with Crippen molar-refractivity contribution in [3.63, 3.8) is 0 Å². The number of carboxylic acids is 1. The van der Waals surface area contributed by atoms with Crippen molar-refractivity contribution in [3.05, 3.63) is 0 Å². The summed E-state index contributed by atoms with van der Waals surface area (Å²) in [7, 11) is 0. The molecule has 0 aliphatic heterocycles. The van der Waals surface area contributed by atoms with Crippen LogP contribution < -0.4 is 5.32 Å². The molecule has 0 bridgehead atoms. The third kappa shape index (κ3) is 4.94. The zero-order chi connectivity index (χ0) is 13.5. The maximum absolute atomic E-state index is 12.0. The van der Waals surface area contributed by atoms with Crippen LogP contribution in [-0.2, 0) is 4.79 Å². The van der Waals surface area contributed by atoms with Crippen molar-refractivity contribution in [1.82, 2.24) is 10.2 Å². The number of urea groups is 1. The molecule has 0 saturated heterocycles. The third-order valence-corrected chi connectivity index (χ3v) is 3.13. The molecule has 104 valence electrons. The van der Waals surface area contributed by atoms with Gasteiger partial charge in [-0.3, -0.25) is 0 Å². The summed E-state index contributed by atoms with van der Waals surface area (Å²) in [4.78, 5) is 24.8. The summed E-state index contributed by atoms with van der Waals surface area (Å²) < 4.78 is 0. The Balaban J connectivity index is 2.49. The molecule has 0 radical (unpaired) electrons. The van der Waals surface area contributed by atoms with Crippen LogP contribution in [0.25, 0.3) is 0 Å². The molecule has 0 unspecified atom stereocenters. The number of carbonyl (C=O) groups excluding carboxylic acids is 1. The Morgan fingerprint density at radius 3 is 2.44 bits per heavy atom. The first-order valence-corrected chi connectivity index (χ1v) is 6.86. The zero-order valence-corrected chi connectivity index (χ0v) is 11.3. The predicted octanol–water partition coefficient (Wildman–Crippen LogP) is 2.07. The van der Waals surface area contributed by atoms with Crippen LogP contribution in [0.4, 0.5) is 4.79 Å². The molecule has 0 heterocycles. The van der Waals surface area contributed by atoms with Gasteiger partial charge in [-0.05, 0) is 31.6 Å². The van der Waals surface area contributed by atoms with Crippen molar-refractivity contribution in [2.75, 3.05) is 13.1 Å². The minimum Gasteiger partial charge on any atom is -0.480 e. The van der Waals surface area contributed by atoms with E-state index in [-0.39, 0.29) is 6.03 Å². The van der Waals surface area contributed by atoms with Gasteiger partial charge in [-0.15, -0.1) is 0 Å². The molecule has 0 aromatic rings. The molecule has 0 aromatic heterocycles. The standard InChI is InChI=1S/C13H24N2O3/c1-3-5-11(12(16)17)14-13(18)15(8-4-2)9-10-6-7-10/h10-11H,3-9H2,1-2H3,(H,14,18)(H,16,17)/t11-/m0/s1. The van der Waals surface area contributed by atoms with Crippen molar-refractivity contribution >= 4 is 12.0 Å². The van der Waals surface area contributed by atoms with Gasteiger partial charge in [-0.25, -0.2) is 9.59 Å². The normalized spacial score (nSPS) is 16.1. The Hall–Kier alpha value is -1.26. The Kier molecular flexibility index (Phi) is 5.95. The molecule has 1 saturated carbocycles. The highest BCUT2D eigenvalue weighted by Crippen LogP contribution is 2.29. The molecular weight excluding hydrogens is 232 g/mol. The second-order valence-electron chi connectivity index (χ2n) is 5.02. The number of nitrogens with one attached hydrogen (secondary N) is 1. The highest BCUT2D eigenvalue weighted by atomic mass is 16.4. The van der Waals surface area contributed by atoms with Gasteiger partial charge in [-0.2, -0.15) is 0 Å². The van der Waals surface area contributed by atoms with Gasteiger partial charge in [-0.1, -0.05) is 20.3 Å². The van der Waals surface area contributed by atoms with E-state index in [1.54, 1.807) is 4.90 Å². The largest absolute Gasteiger partial charge is 0.480 e. The SMILES string of the molecule is CCC[C@H](NC(=O)N(CCC)CC1CC1)C(=O)O. The number of aliphatic carboxylic acids is 1. The molecular formula is C13H24N2O3. The first-order valence-electron chi connectivity index (χ1n) is 6.86. The number of amides is 2. The van der Waals surface area contributed by atoms with Crippen LogP contribution in [0.1, 0.15) is 46.0 Å². The Morgan fingerprint density at radius 1 is 1.33 bits per heavy atom. The lowest BCUT2D eigenvalue weighted by atomic mass is 10.2. The van der Waals surface area contributed by atoms with E-state index < -0.39 is 12.0 Å². The van der Waals surface area contributed by atoms with E-state index in [0.717, 1.165) is 19.4 Å². The van der Waals surface area contributed by atoms with Crippen LogP contribution >= 0.6 is 0 Å². The maximum Gasteiger partial charge on any atom is 0.326 e. The number of nitrogens with zero attached hydrogens (tertiary/aromatic N) is 1. The number of carboxylic acid groups (broad SMARTS) is 1. The van der Waals surface area contributed by atoms with E-state index in [0.29, 0.717) is 18.9 Å². The minimum atomic E-state index is -0.951. The van der Waals surface area contributed by atoms with Crippen molar-refractivity contribution in [1.29, 1.82) is 0 Å². The fourth-order valence-corrected chi connectivity index (χ4v) is 1.94.